The highest BCUT2D eigenvalue weighted by atomic mass is 16.5. The Morgan fingerprint density at radius 3 is 2.88 bits per heavy atom. The summed E-state index contributed by atoms with van der Waals surface area (Å²) in [5.74, 6) is 2.36. The third-order valence-electron chi connectivity index (χ3n) is 6.54. The number of piperazine rings is 1. The van der Waals surface area contributed by atoms with E-state index in [1.807, 2.05) is 0 Å². The number of piperidine rings is 1. The molecule has 5 atom stereocenters. The Balaban J connectivity index is 1.33. The molecule has 7 heteroatoms. The molecule has 4 aliphatic rings. The molecule has 0 amide bonds. The summed E-state index contributed by atoms with van der Waals surface area (Å²) in [7, 11) is 0. The highest BCUT2D eigenvalue weighted by molar-refractivity contribution is 5.40. The summed E-state index contributed by atoms with van der Waals surface area (Å²) in [5.41, 5.74) is 8.22. The van der Waals surface area contributed by atoms with Crippen LogP contribution in [-0.2, 0) is 4.74 Å². The molecule has 4 fully saturated rings. The Bertz CT molecular complexity index is 616. The van der Waals surface area contributed by atoms with Crippen LogP contribution in [-0.4, -0.2) is 63.0 Å². The lowest BCUT2D eigenvalue weighted by molar-refractivity contribution is 0.157. The van der Waals surface area contributed by atoms with E-state index < -0.39 is 0 Å². The van der Waals surface area contributed by atoms with Crippen molar-refractivity contribution in [3.8, 4) is 0 Å². The van der Waals surface area contributed by atoms with Crippen LogP contribution in [0.2, 0.25) is 0 Å². The van der Waals surface area contributed by atoms with Crippen LogP contribution in [0.4, 0.5) is 5.82 Å². The van der Waals surface area contributed by atoms with Crippen molar-refractivity contribution in [2.75, 3.05) is 50.8 Å². The van der Waals surface area contributed by atoms with E-state index in [2.05, 4.69) is 44.6 Å². The highest BCUT2D eigenvalue weighted by Crippen LogP contribution is 2.36. The molecule has 1 aromatic rings. The lowest BCUT2D eigenvalue weighted by atomic mass is 9.79. The van der Waals surface area contributed by atoms with Gasteiger partial charge in [0.25, 0.3) is 0 Å². The van der Waals surface area contributed by atoms with E-state index in [4.69, 9.17) is 9.72 Å². The topological polar surface area (TPSA) is 73.5 Å². The fourth-order valence-electron chi connectivity index (χ4n) is 5.01. The van der Waals surface area contributed by atoms with E-state index in [0.29, 0.717) is 23.9 Å². The predicted molar refractivity (Wildman–Crippen MR) is 101 cm³/mol. The summed E-state index contributed by atoms with van der Waals surface area (Å²) in [5, 5.41) is 7.16. The molecule has 0 aromatic carbocycles. The van der Waals surface area contributed by atoms with Crippen LogP contribution in [0.15, 0.2) is 18.2 Å². The molecule has 5 heterocycles. The van der Waals surface area contributed by atoms with E-state index in [1.165, 1.54) is 18.5 Å². The summed E-state index contributed by atoms with van der Waals surface area (Å²) < 4.78 is 5.62. The summed E-state index contributed by atoms with van der Waals surface area (Å²) in [6.45, 7) is 7.00. The Morgan fingerprint density at radius 2 is 2.04 bits per heavy atom. The summed E-state index contributed by atoms with van der Waals surface area (Å²) in [6.07, 6.45) is 2.38. The van der Waals surface area contributed by atoms with Crippen LogP contribution in [0.1, 0.15) is 24.6 Å². The minimum absolute atomic E-state index is 0.287. The van der Waals surface area contributed by atoms with Crippen molar-refractivity contribution in [2.24, 2.45) is 11.8 Å². The largest absolute Gasteiger partial charge is 0.381 e. The number of ether oxygens (including phenoxy) is 1. The lowest BCUT2D eigenvalue weighted by Crippen LogP contribution is -2.52. The number of fused-ring (bicyclic) bond motifs is 1. The first-order chi connectivity index (χ1) is 12.9. The maximum atomic E-state index is 5.62. The highest BCUT2D eigenvalue weighted by Gasteiger charge is 2.43. The number of pyridine rings is 1. The van der Waals surface area contributed by atoms with E-state index in [9.17, 15) is 0 Å². The van der Waals surface area contributed by atoms with E-state index in [1.54, 1.807) is 0 Å². The van der Waals surface area contributed by atoms with Gasteiger partial charge in [-0.25, -0.2) is 10.4 Å². The lowest BCUT2D eigenvalue weighted by Gasteiger charge is -2.36. The first-order valence-electron chi connectivity index (χ1n) is 10.1. The number of anilines is 1. The minimum atomic E-state index is 0.287. The van der Waals surface area contributed by atoms with Crippen LogP contribution < -0.4 is 26.4 Å². The number of hydrazine groups is 1. The van der Waals surface area contributed by atoms with Gasteiger partial charge in [0.05, 0.1) is 18.3 Å². The van der Waals surface area contributed by atoms with Gasteiger partial charge < -0.3 is 20.3 Å². The van der Waals surface area contributed by atoms with E-state index in [0.717, 1.165) is 51.8 Å². The van der Waals surface area contributed by atoms with Gasteiger partial charge in [0.1, 0.15) is 5.82 Å². The molecular formula is C19H30N6O. The van der Waals surface area contributed by atoms with Gasteiger partial charge in [-0.15, -0.1) is 0 Å². The van der Waals surface area contributed by atoms with Crippen LogP contribution in [0.5, 0.6) is 0 Å². The molecule has 142 valence electrons. The van der Waals surface area contributed by atoms with Crippen molar-refractivity contribution in [3.05, 3.63) is 23.9 Å². The predicted octanol–water partition coefficient (Wildman–Crippen LogP) is 0.0233. The second kappa shape index (κ2) is 7.40. The van der Waals surface area contributed by atoms with Gasteiger partial charge >= 0.3 is 0 Å². The molecule has 4 aliphatic heterocycles. The standard InChI is InChI=1S/C19H30N6O/c1-2-15(22-18(3-1)25-7-5-20-6-8-25)19-14-10-16(13-4-9-26-12-13)21-11-17(14)23-24-19/h1-3,13-14,16-17,19-21,23-24H,4-12H2. The Labute approximate surface area is 155 Å². The van der Waals surface area contributed by atoms with E-state index in [-0.39, 0.29) is 6.04 Å². The van der Waals surface area contributed by atoms with Gasteiger partial charge in [0.2, 0.25) is 0 Å². The normalized spacial score (nSPS) is 37.7. The zero-order chi connectivity index (χ0) is 17.3. The Morgan fingerprint density at radius 1 is 1.12 bits per heavy atom. The van der Waals surface area contributed by atoms with Gasteiger partial charge in [0, 0.05) is 57.3 Å². The van der Waals surface area contributed by atoms with Crippen molar-refractivity contribution in [3.63, 3.8) is 0 Å². The monoisotopic (exact) mass is 358 g/mol. The molecule has 4 N–H and O–H groups in total. The molecule has 5 unspecified atom stereocenters. The number of aromatic nitrogens is 1. The fraction of sp³-hybridized carbons (Fsp3) is 0.737. The molecule has 7 nitrogen and oxygen atoms in total. The molecule has 0 spiro atoms. The fourth-order valence-corrected chi connectivity index (χ4v) is 5.01. The molecule has 0 radical (unpaired) electrons. The van der Waals surface area contributed by atoms with Crippen molar-refractivity contribution in [2.45, 2.75) is 31.0 Å². The number of hydrogen-bond donors (Lipinski definition) is 4. The molecule has 1 aromatic heterocycles. The summed E-state index contributed by atoms with van der Waals surface area (Å²) in [4.78, 5) is 7.43. The van der Waals surface area contributed by atoms with Crippen molar-refractivity contribution in [1.29, 1.82) is 0 Å². The summed E-state index contributed by atoms with van der Waals surface area (Å²) in [6, 6.07) is 7.83. The SMILES string of the molecule is c1cc(C2NNC3CNC(C4CCOC4)CC32)nc(N2CCNCC2)c1. The number of nitrogens with one attached hydrogen (secondary N) is 4. The Hall–Kier alpha value is -1.25. The maximum Gasteiger partial charge on any atom is 0.128 e. The molecule has 26 heavy (non-hydrogen) atoms. The molecular weight excluding hydrogens is 328 g/mol. The van der Waals surface area contributed by atoms with E-state index >= 15 is 0 Å². The van der Waals surface area contributed by atoms with Gasteiger partial charge in [-0.2, -0.15) is 0 Å². The second-order valence-corrected chi connectivity index (χ2v) is 8.07. The third-order valence-corrected chi connectivity index (χ3v) is 6.54. The van der Waals surface area contributed by atoms with Crippen LogP contribution in [0.3, 0.4) is 0 Å². The number of nitrogens with zero attached hydrogens (tertiary/aromatic N) is 2. The van der Waals surface area contributed by atoms with Crippen LogP contribution >= 0.6 is 0 Å². The first-order valence-corrected chi connectivity index (χ1v) is 10.1. The number of hydrogen-bond acceptors (Lipinski definition) is 7. The molecule has 0 aliphatic carbocycles. The third kappa shape index (κ3) is 3.23. The van der Waals surface area contributed by atoms with Crippen molar-refractivity contribution in [1.82, 2.24) is 26.5 Å². The molecule has 4 saturated heterocycles. The zero-order valence-corrected chi connectivity index (χ0v) is 15.3. The Kier molecular flexibility index (Phi) is 4.81. The second-order valence-electron chi connectivity index (χ2n) is 8.07. The zero-order valence-electron chi connectivity index (χ0n) is 15.3. The van der Waals surface area contributed by atoms with Crippen LogP contribution in [0.25, 0.3) is 0 Å². The first kappa shape index (κ1) is 16.9. The molecule has 0 bridgehead atoms. The van der Waals surface area contributed by atoms with Crippen molar-refractivity contribution >= 4 is 5.82 Å². The quantitative estimate of drug-likeness (QED) is 0.607. The average Bonchev–Trinajstić information content (AvgIpc) is 3.38. The molecule has 0 saturated carbocycles. The van der Waals surface area contributed by atoms with Gasteiger partial charge in [-0.05, 0) is 30.9 Å². The molecule has 5 rings (SSSR count). The smallest absolute Gasteiger partial charge is 0.128 e. The number of rotatable bonds is 3. The average molecular weight is 358 g/mol. The van der Waals surface area contributed by atoms with Gasteiger partial charge in [0.15, 0.2) is 0 Å². The van der Waals surface area contributed by atoms with Gasteiger partial charge in [-0.3, -0.25) is 5.43 Å². The van der Waals surface area contributed by atoms with Gasteiger partial charge in [-0.1, -0.05) is 6.07 Å². The van der Waals surface area contributed by atoms with Crippen molar-refractivity contribution < 1.29 is 4.74 Å². The minimum Gasteiger partial charge on any atom is -0.381 e. The summed E-state index contributed by atoms with van der Waals surface area (Å²) >= 11 is 0. The maximum absolute atomic E-state index is 5.62. The van der Waals surface area contributed by atoms with Crippen LogP contribution in [0, 0.1) is 11.8 Å².